The van der Waals surface area contributed by atoms with Gasteiger partial charge >= 0.3 is 5.97 Å². The Morgan fingerprint density at radius 1 is 1.12 bits per heavy atom. The van der Waals surface area contributed by atoms with Gasteiger partial charge in [-0.1, -0.05) is 18.2 Å². The maximum atomic E-state index is 11.7. The molecule has 1 amide bonds. The van der Waals surface area contributed by atoms with Crippen LogP contribution in [0.3, 0.4) is 0 Å². The molecule has 0 aliphatic heterocycles. The van der Waals surface area contributed by atoms with Gasteiger partial charge < -0.3 is 15.3 Å². The molecule has 0 spiro atoms. The highest BCUT2D eigenvalue weighted by molar-refractivity contribution is 7.99. The first kappa shape index (κ1) is 17.8. The molecule has 2 rings (SSSR count). The number of amides is 1. The van der Waals surface area contributed by atoms with Crippen molar-refractivity contribution in [3.8, 4) is 0 Å². The van der Waals surface area contributed by atoms with Gasteiger partial charge in [0.2, 0.25) is 0 Å². The molecule has 24 heavy (non-hydrogen) atoms. The summed E-state index contributed by atoms with van der Waals surface area (Å²) in [5, 5.41) is 13.6. The molecule has 0 fully saturated rings. The number of rotatable bonds is 8. The molecule has 1 heterocycles. The summed E-state index contributed by atoms with van der Waals surface area (Å²) < 4.78 is 5.46. The van der Waals surface area contributed by atoms with E-state index in [9.17, 15) is 14.8 Å². The zero-order valence-corrected chi connectivity index (χ0v) is 13.8. The average Bonchev–Trinajstić information content (AvgIpc) is 2.61. The number of hydrogen-bond donors (Lipinski definition) is 1. The van der Waals surface area contributed by atoms with Crippen LogP contribution in [0.1, 0.15) is 16.8 Å². The van der Waals surface area contributed by atoms with Gasteiger partial charge in [-0.3, -0.25) is 4.79 Å². The van der Waals surface area contributed by atoms with Crippen LogP contribution in [-0.2, 0) is 9.53 Å². The van der Waals surface area contributed by atoms with E-state index in [2.05, 4.69) is 5.32 Å². The van der Waals surface area contributed by atoms with Crippen molar-refractivity contribution in [2.24, 2.45) is 0 Å². The number of carbonyl (C=O) groups is 2. The Bertz CT molecular complexity index is 662. The second-order valence-corrected chi connectivity index (χ2v) is 6.06. The first-order chi connectivity index (χ1) is 11.6. The number of aromatic nitrogens is 1. The number of hydrogen-bond acceptors (Lipinski definition) is 5. The normalized spacial score (nSPS) is 10.2. The second kappa shape index (κ2) is 9.57. The highest BCUT2D eigenvalue weighted by atomic mass is 32.2. The van der Waals surface area contributed by atoms with Crippen LogP contribution in [0.5, 0.6) is 0 Å². The molecule has 0 saturated heterocycles. The number of carbonyl (C=O) groups excluding carboxylic acids is 2. The molecule has 0 unspecified atom stereocenters. The first-order valence-corrected chi connectivity index (χ1v) is 8.44. The molecule has 1 aromatic heterocycles. The third-order valence-corrected chi connectivity index (χ3v) is 4.13. The fraction of sp³-hybridized carbons (Fsp3) is 0.235. The van der Waals surface area contributed by atoms with Crippen LogP contribution >= 0.6 is 11.8 Å². The van der Waals surface area contributed by atoms with Gasteiger partial charge in [-0.25, -0.2) is 4.79 Å². The minimum Gasteiger partial charge on any atom is -0.619 e. The second-order valence-electron chi connectivity index (χ2n) is 4.89. The molecular weight excluding hydrogens is 328 g/mol. The lowest BCUT2D eigenvalue weighted by atomic mass is 10.3. The van der Waals surface area contributed by atoms with Gasteiger partial charge in [0.25, 0.3) is 5.91 Å². The number of benzene rings is 1. The summed E-state index contributed by atoms with van der Waals surface area (Å²) in [6, 6.07) is 12.7. The third-order valence-electron chi connectivity index (χ3n) is 3.03. The minimum atomic E-state index is -0.634. The number of pyridine rings is 1. The van der Waals surface area contributed by atoms with Crippen LogP contribution < -0.4 is 10.0 Å². The van der Waals surface area contributed by atoms with Crippen molar-refractivity contribution in [2.75, 3.05) is 18.9 Å². The largest absolute Gasteiger partial charge is 0.619 e. The lowest BCUT2D eigenvalue weighted by Crippen LogP contribution is -2.30. The van der Waals surface area contributed by atoms with E-state index < -0.39 is 5.97 Å². The van der Waals surface area contributed by atoms with Crippen molar-refractivity contribution in [2.45, 2.75) is 11.3 Å². The average molecular weight is 346 g/mol. The van der Waals surface area contributed by atoms with E-state index in [0.29, 0.717) is 11.3 Å². The highest BCUT2D eigenvalue weighted by Gasteiger charge is 2.10. The van der Waals surface area contributed by atoms with Crippen molar-refractivity contribution in [1.29, 1.82) is 0 Å². The number of ether oxygens (including phenoxy) is 1. The number of esters is 1. The van der Waals surface area contributed by atoms with Crippen LogP contribution in [-0.4, -0.2) is 30.8 Å². The van der Waals surface area contributed by atoms with Gasteiger partial charge in [0, 0.05) is 23.6 Å². The Hall–Kier alpha value is -2.54. The van der Waals surface area contributed by atoms with Crippen molar-refractivity contribution in [3.63, 3.8) is 0 Å². The summed E-state index contributed by atoms with van der Waals surface area (Å²) in [7, 11) is 0. The fourth-order valence-corrected chi connectivity index (χ4v) is 2.69. The molecule has 0 atom stereocenters. The smallest absolute Gasteiger partial charge is 0.339 e. The van der Waals surface area contributed by atoms with Crippen LogP contribution in [0, 0.1) is 5.21 Å². The minimum absolute atomic E-state index is 0.231. The van der Waals surface area contributed by atoms with E-state index in [1.54, 1.807) is 11.8 Å². The van der Waals surface area contributed by atoms with Crippen LogP contribution in [0.15, 0.2) is 59.8 Å². The molecule has 1 aromatic carbocycles. The first-order valence-electron chi connectivity index (χ1n) is 7.45. The summed E-state index contributed by atoms with van der Waals surface area (Å²) in [4.78, 5) is 24.5. The van der Waals surface area contributed by atoms with E-state index in [1.807, 2.05) is 30.3 Å². The Morgan fingerprint density at radius 2 is 1.83 bits per heavy atom. The number of nitrogens with zero attached hydrogens (tertiary/aromatic N) is 1. The molecule has 0 radical (unpaired) electrons. The van der Waals surface area contributed by atoms with E-state index in [0.717, 1.165) is 12.2 Å². The van der Waals surface area contributed by atoms with Crippen molar-refractivity contribution < 1.29 is 19.1 Å². The summed E-state index contributed by atoms with van der Waals surface area (Å²) in [5.41, 5.74) is 0.231. The lowest BCUT2D eigenvalue weighted by Gasteiger charge is -2.06. The SMILES string of the molecule is O=C(COC(=O)c1cc[n+]([O-])cc1)NCCCSc1ccccc1. The zero-order valence-electron chi connectivity index (χ0n) is 13.0. The summed E-state index contributed by atoms with van der Waals surface area (Å²) in [6.45, 7) is 0.189. The summed E-state index contributed by atoms with van der Waals surface area (Å²) in [6.07, 6.45) is 3.21. The number of thioether (sulfide) groups is 1. The van der Waals surface area contributed by atoms with Gasteiger partial charge in [0.05, 0.1) is 5.56 Å². The van der Waals surface area contributed by atoms with Gasteiger partial charge in [-0.05, 0) is 24.3 Å². The standard InChI is InChI=1S/C17H18N2O4S/c20-16(13-23-17(21)14-7-10-19(22)11-8-14)18-9-4-12-24-15-5-2-1-3-6-15/h1-3,5-8,10-11H,4,9,12-13H2,(H,18,20). The molecule has 0 bridgehead atoms. The maximum absolute atomic E-state index is 11.7. The molecule has 0 aliphatic rings. The highest BCUT2D eigenvalue weighted by Crippen LogP contribution is 2.17. The predicted octanol–water partition coefficient (Wildman–Crippen LogP) is 1.78. The predicted molar refractivity (Wildman–Crippen MR) is 90.5 cm³/mol. The van der Waals surface area contributed by atoms with Crippen LogP contribution in [0.2, 0.25) is 0 Å². The Labute approximate surface area is 144 Å². The fourth-order valence-electron chi connectivity index (χ4n) is 1.82. The summed E-state index contributed by atoms with van der Waals surface area (Å²) >= 11 is 1.72. The quantitative estimate of drug-likeness (QED) is 0.259. The molecular formula is C17H18N2O4S. The molecule has 2 aromatic rings. The molecule has 1 N–H and O–H groups in total. The Balaban J connectivity index is 1.58. The molecule has 6 nitrogen and oxygen atoms in total. The molecule has 0 saturated carbocycles. The Morgan fingerprint density at radius 3 is 2.54 bits per heavy atom. The van der Waals surface area contributed by atoms with E-state index in [-0.39, 0.29) is 18.1 Å². The third kappa shape index (κ3) is 6.29. The van der Waals surface area contributed by atoms with E-state index in [4.69, 9.17) is 4.74 Å². The van der Waals surface area contributed by atoms with Gasteiger partial charge in [-0.2, -0.15) is 4.73 Å². The van der Waals surface area contributed by atoms with E-state index in [1.165, 1.54) is 29.4 Å². The number of nitrogens with one attached hydrogen (secondary N) is 1. The topological polar surface area (TPSA) is 82.3 Å². The maximum Gasteiger partial charge on any atom is 0.339 e. The van der Waals surface area contributed by atoms with E-state index >= 15 is 0 Å². The molecule has 7 heteroatoms. The van der Waals surface area contributed by atoms with Gasteiger partial charge in [0.1, 0.15) is 0 Å². The summed E-state index contributed by atoms with van der Waals surface area (Å²) in [5.74, 6) is -0.0863. The Kier molecular flexibility index (Phi) is 7.10. The zero-order chi connectivity index (χ0) is 17.2. The molecule has 126 valence electrons. The van der Waals surface area contributed by atoms with Gasteiger partial charge in [-0.15, -0.1) is 11.8 Å². The molecule has 0 aliphatic carbocycles. The van der Waals surface area contributed by atoms with Crippen molar-refractivity contribution >= 4 is 23.6 Å². The lowest BCUT2D eigenvalue weighted by molar-refractivity contribution is -0.605. The van der Waals surface area contributed by atoms with Crippen molar-refractivity contribution in [1.82, 2.24) is 5.32 Å². The van der Waals surface area contributed by atoms with Crippen LogP contribution in [0.25, 0.3) is 0 Å². The monoisotopic (exact) mass is 346 g/mol. The van der Waals surface area contributed by atoms with Crippen LogP contribution in [0.4, 0.5) is 0 Å². The van der Waals surface area contributed by atoms with Crippen molar-refractivity contribution in [3.05, 3.63) is 65.6 Å². The van der Waals surface area contributed by atoms with Gasteiger partial charge in [0.15, 0.2) is 19.0 Å².